The van der Waals surface area contributed by atoms with Crippen molar-refractivity contribution in [3.8, 4) is 0 Å². The topological polar surface area (TPSA) is 17.1 Å². The molecule has 8 heteroatoms. The fourth-order valence-corrected chi connectivity index (χ4v) is 2.83. The van der Waals surface area contributed by atoms with E-state index >= 15 is 0 Å². The minimum absolute atomic E-state index is 0.227. The molecule has 0 atom stereocenters. The predicted octanol–water partition coefficient (Wildman–Crippen LogP) is 3.30. The van der Waals surface area contributed by atoms with Crippen molar-refractivity contribution < 1.29 is 30.9 Å². The van der Waals surface area contributed by atoms with Crippen LogP contribution in [-0.2, 0) is 4.57 Å². The first-order valence-electron chi connectivity index (χ1n) is 5.07. The molecule has 0 N–H and O–H groups in total. The molecule has 0 bridgehead atoms. The Balaban J connectivity index is 2.64. The zero-order valence-electron chi connectivity index (χ0n) is 9.43. The van der Waals surface area contributed by atoms with Gasteiger partial charge in [-0.25, -0.2) is 26.3 Å². The second-order valence-corrected chi connectivity index (χ2v) is 5.21. The Labute approximate surface area is 109 Å². The van der Waals surface area contributed by atoms with Gasteiger partial charge in [0.15, 0.2) is 23.3 Å². The molecule has 2 aromatic rings. The van der Waals surface area contributed by atoms with Crippen LogP contribution in [0.25, 0.3) is 0 Å². The third-order valence-electron chi connectivity index (χ3n) is 2.37. The van der Waals surface area contributed by atoms with Crippen molar-refractivity contribution in [2.75, 3.05) is 0 Å². The maximum absolute atomic E-state index is 13.4. The van der Waals surface area contributed by atoms with Crippen LogP contribution in [-0.4, -0.2) is 0 Å². The highest BCUT2D eigenvalue weighted by Gasteiger charge is 2.38. The first kappa shape index (κ1) is 14.5. The summed E-state index contributed by atoms with van der Waals surface area (Å²) in [5.41, 5.74) is 0. The van der Waals surface area contributed by atoms with Gasteiger partial charge in [-0.2, -0.15) is 0 Å². The molecule has 0 aliphatic heterocycles. The largest absolute Gasteiger partial charge is 0.427 e. The highest BCUT2D eigenvalue weighted by Crippen LogP contribution is 2.27. The molecule has 0 unspecified atom stereocenters. The molecule has 0 amide bonds. The molecule has 0 aliphatic rings. The third-order valence-corrected chi connectivity index (χ3v) is 4.04. The first-order chi connectivity index (χ1) is 9.31. The van der Waals surface area contributed by atoms with E-state index in [0.717, 1.165) is 0 Å². The van der Waals surface area contributed by atoms with Gasteiger partial charge in [-0.15, -0.1) is 0 Å². The monoisotopic (exact) mass is 309 g/mol. The molecule has 2 rings (SSSR count). The van der Waals surface area contributed by atoms with E-state index in [1.807, 2.05) is 0 Å². The van der Waals surface area contributed by atoms with Crippen molar-refractivity contribution in [3.05, 3.63) is 59.2 Å². The lowest BCUT2D eigenvalue weighted by Crippen LogP contribution is -2.20. The average Bonchev–Trinajstić information content (AvgIpc) is 2.25. The van der Waals surface area contributed by atoms with Crippen LogP contribution in [0.3, 0.4) is 0 Å². The van der Waals surface area contributed by atoms with Crippen molar-refractivity contribution in [2.24, 2.45) is 0 Å². The molecule has 0 radical (unpaired) electrons. The molecule has 2 aromatic carbocycles. The number of benzene rings is 2. The molecule has 0 heterocycles. The summed E-state index contributed by atoms with van der Waals surface area (Å²) in [5, 5.41) is -2.35. The second kappa shape index (κ2) is 5.25. The van der Waals surface area contributed by atoms with Gasteiger partial charge in [0.1, 0.15) is 11.6 Å². The van der Waals surface area contributed by atoms with Gasteiger partial charge in [0, 0.05) is 24.3 Å². The Kier molecular flexibility index (Phi) is 3.81. The van der Waals surface area contributed by atoms with Crippen LogP contribution < -0.4 is 10.6 Å². The van der Waals surface area contributed by atoms with Crippen molar-refractivity contribution >= 4 is 18.4 Å². The molecule has 20 heavy (non-hydrogen) atoms. The fourth-order valence-electron chi connectivity index (χ4n) is 1.57. The maximum Gasteiger partial charge on any atom is 0.427 e. The normalized spacial score (nSPS) is 10.7. The summed E-state index contributed by atoms with van der Waals surface area (Å²) < 4.78 is 91.0. The molecule has 0 saturated carbocycles. The fraction of sp³-hybridized carbons (Fsp3) is 0. The average molecular weight is 309 g/mol. The van der Waals surface area contributed by atoms with Crippen LogP contribution in [0, 0.1) is 34.9 Å². The van der Waals surface area contributed by atoms with Gasteiger partial charge in [-0.05, 0) is 0 Å². The molecule has 0 saturated heterocycles. The molecular weight excluding hydrogens is 305 g/mol. The van der Waals surface area contributed by atoms with E-state index < -0.39 is 53.3 Å². The molecule has 0 aliphatic carbocycles. The van der Waals surface area contributed by atoms with Gasteiger partial charge in [0.2, 0.25) is 0 Å². The Morgan fingerprint density at radius 2 is 0.850 bits per heavy atom. The quantitative estimate of drug-likeness (QED) is 0.614. The van der Waals surface area contributed by atoms with Gasteiger partial charge in [-0.3, -0.25) is 0 Å². The zero-order chi connectivity index (χ0) is 15.0. The number of halogens is 6. The van der Waals surface area contributed by atoms with Crippen LogP contribution >= 0.6 is 7.80 Å². The Hall–Kier alpha value is -1.88. The minimum Gasteiger partial charge on any atom is -0.207 e. The summed E-state index contributed by atoms with van der Waals surface area (Å²) in [7, 11) is -3.36. The Bertz CT molecular complexity index is 610. The minimum atomic E-state index is -3.36. The van der Waals surface area contributed by atoms with Gasteiger partial charge in [-0.1, -0.05) is 4.57 Å². The predicted molar refractivity (Wildman–Crippen MR) is 59.5 cm³/mol. The van der Waals surface area contributed by atoms with Gasteiger partial charge in [0.25, 0.3) is 10.6 Å². The van der Waals surface area contributed by atoms with Crippen molar-refractivity contribution in [2.45, 2.75) is 0 Å². The SMILES string of the molecule is O=[P+](c1c(F)cc(F)cc1F)c1c(F)cc(F)cc1F. The van der Waals surface area contributed by atoms with Gasteiger partial charge >= 0.3 is 7.80 Å². The zero-order valence-corrected chi connectivity index (χ0v) is 10.3. The van der Waals surface area contributed by atoms with E-state index in [4.69, 9.17) is 0 Å². The number of hydrogen-bond acceptors (Lipinski definition) is 1. The smallest absolute Gasteiger partial charge is 0.207 e. The van der Waals surface area contributed by atoms with Gasteiger partial charge in [0.05, 0.1) is 0 Å². The summed E-state index contributed by atoms with van der Waals surface area (Å²) >= 11 is 0. The van der Waals surface area contributed by atoms with Crippen molar-refractivity contribution in [1.82, 2.24) is 0 Å². The van der Waals surface area contributed by atoms with Crippen LogP contribution in [0.15, 0.2) is 24.3 Å². The second-order valence-electron chi connectivity index (χ2n) is 3.73. The molecule has 0 fully saturated rings. The van der Waals surface area contributed by atoms with Crippen molar-refractivity contribution in [3.63, 3.8) is 0 Å². The highest BCUT2D eigenvalue weighted by molar-refractivity contribution is 7.61. The molecule has 104 valence electrons. The summed E-state index contributed by atoms with van der Waals surface area (Å²) in [4.78, 5) is 0. The highest BCUT2D eigenvalue weighted by atomic mass is 31.1. The lowest BCUT2D eigenvalue weighted by Gasteiger charge is -1.98. The van der Waals surface area contributed by atoms with E-state index in [-0.39, 0.29) is 24.3 Å². The van der Waals surface area contributed by atoms with Crippen LogP contribution in [0.2, 0.25) is 0 Å². The lowest BCUT2D eigenvalue weighted by atomic mass is 10.3. The van der Waals surface area contributed by atoms with Crippen LogP contribution in [0.5, 0.6) is 0 Å². The summed E-state index contributed by atoms with van der Waals surface area (Å²) in [6.07, 6.45) is 0. The molecular formula is C12H4F6OP+. The van der Waals surface area contributed by atoms with E-state index in [2.05, 4.69) is 0 Å². The standard InChI is InChI=1S/C12H4F6OP/c13-5-1-7(15)11(8(16)2-5)20(19)12-9(17)3-6(14)4-10(12)18/h1-4H/q+1. The van der Waals surface area contributed by atoms with Gasteiger partial charge < -0.3 is 0 Å². The van der Waals surface area contributed by atoms with Crippen LogP contribution in [0.4, 0.5) is 26.3 Å². The van der Waals surface area contributed by atoms with E-state index in [1.54, 1.807) is 0 Å². The molecule has 0 spiro atoms. The van der Waals surface area contributed by atoms with E-state index in [1.165, 1.54) is 0 Å². The summed E-state index contributed by atoms with van der Waals surface area (Å²) in [6.45, 7) is 0. The van der Waals surface area contributed by atoms with Crippen molar-refractivity contribution in [1.29, 1.82) is 0 Å². The summed E-state index contributed by atoms with van der Waals surface area (Å²) in [6, 6.07) is 0.909. The van der Waals surface area contributed by atoms with E-state index in [9.17, 15) is 30.9 Å². The Morgan fingerprint density at radius 1 is 0.600 bits per heavy atom. The maximum atomic E-state index is 13.4. The summed E-state index contributed by atoms with van der Waals surface area (Å²) in [5.74, 6) is -8.74. The molecule has 0 aromatic heterocycles. The lowest BCUT2D eigenvalue weighted by molar-refractivity contribution is 0.545. The van der Waals surface area contributed by atoms with Crippen LogP contribution in [0.1, 0.15) is 0 Å². The van der Waals surface area contributed by atoms with E-state index in [0.29, 0.717) is 0 Å². The molecule has 1 nitrogen and oxygen atoms in total. The Morgan fingerprint density at radius 3 is 1.10 bits per heavy atom. The third kappa shape index (κ3) is 2.54. The number of hydrogen-bond donors (Lipinski definition) is 0. The number of rotatable bonds is 2. The first-order valence-corrected chi connectivity index (χ1v) is 6.33.